The predicted molar refractivity (Wildman–Crippen MR) is 77.2 cm³/mol. The van der Waals surface area contributed by atoms with Crippen LogP contribution in [0.5, 0.6) is 11.5 Å². The molecule has 1 atom stereocenters. The van der Waals surface area contributed by atoms with Crippen LogP contribution in [0, 0.1) is 5.41 Å². The highest BCUT2D eigenvalue weighted by molar-refractivity contribution is 5.97. The number of nitrogens with two attached hydrogens (primary N) is 1. The van der Waals surface area contributed by atoms with Crippen molar-refractivity contribution >= 4 is 5.91 Å². The van der Waals surface area contributed by atoms with Crippen molar-refractivity contribution in [1.29, 1.82) is 0 Å². The van der Waals surface area contributed by atoms with Crippen molar-refractivity contribution in [1.82, 2.24) is 4.90 Å². The summed E-state index contributed by atoms with van der Waals surface area (Å²) in [4.78, 5) is 14.4. The first-order valence-electron chi connectivity index (χ1n) is 6.74. The molecule has 1 heterocycles. The number of hydrogen-bond acceptors (Lipinski definition) is 4. The largest absolute Gasteiger partial charge is 0.497 e. The number of hydrogen-bond donors (Lipinski definition) is 1. The molecular weight excluding hydrogens is 256 g/mol. The van der Waals surface area contributed by atoms with Crippen LogP contribution in [0.1, 0.15) is 23.7 Å². The zero-order chi connectivity index (χ0) is 14.8. The lowest BCUT2D eigenvalue weighted by Gasteiger charge is -2.23. The first-order valence-corrected chi connectivity index (χ1v) is 6.74. The third kappa shape index (κ3) is 2.72. The molecule has 1 fully saturated rings. The summed E-state index contributed by atoms with van der Waals surface area (Å²) < 4.78 is 10.4. The van der Waals surface area contributed by atoms with E-state index in [1.54, 1.807) is 32.4 Å². The molecule has 2 N–H and O–H groups in total. The Balaban J connectivity index is 2.22. The van der Waals surface area contributed by atoms with Crippen molar-refractivity contribution in [2.75, 3.05) is 33.9 Å². The quantitative estimate of drug-likeness (QED) is 0.907. The molecule has 1 aromatic rings. The van der Waals surface area contributed by atoms with Crippen LogP contribution in [0.25, 0.3) is 0 Å². The molecule has 0 spiro atoms. The van der Waals surface area contributed by atoms with E-state index in [0.29, 0.717) is 30.2 Å². The van der Waals surface area contributed by atoms with E-state index < -0.39 is 0 Å². The number of likely N-dealkylation sites (tertiary alicyclic amines) is 1. The van der Waals surface area contributed by atoms with Crippen LogP contribution < -0.4 is 15.2 Å². The lowest BCUT2D eigenvalue weighted by Crippen LogP contribution is -2.34. The van der Waals surface area contributed by atoms with Crippen molar-refractivity contribution in [3.63, 3.8) is 0 Å². The van der Waals surface area contributed by atoms with Gasteiger partial charge in [-0.2, -0.15) is 0 Å². The minimum atomic E-state index is -0.0123. The molecule has 1 unspecified atom stereocenters. The third-order valence-corrected chi connectivity index (χ3v) is 3.98. The molecular formula is C15H22N2O3. The Bertz CT molecular complexity index is 504. The van der Waals surface area contributed by atoms with Gasteiger partial charge in [-0.25, -0.2) is 0 Å². The summed E-state index contributed by atoms with van der Waals surface area (Å²) in [7, 11) is 3.14. The highest BCUT2D eigenvalue weighted by Crippen LogP contribution is 2.32. The molecule has 0 aliphatic carbocycles. The Hall–Kier alpha value is -1.75. The maximum atomic E-state index is 12.6. The fraction of sp³-hybridized carbons (Fsp3) is 0.533. The van der Waals surface area contributed by atoms with Gasteiger partial charge in [0.2, 0.25) is 0 Å². The molecule has 5 nitrogen and oxygen atoms in total. The minimum absolute atomic E-state index is 0.0123. The van der Waals surface area contributed by atoms with Gasteiger partial charge < -0.3 is 20.1 Å². The second-order valence-corrected chi connectivity index (χ2v) is 5.56. The number of carbonyl (C=O) groups excluding carboxylic acids is 1. The summed E-state index contributed by atoms with van der Waals surface area (Å²) in [5.74, 6) is 1.20. The van der Waals surface area contributed by atoms with E-state index in [0.717, 1.165) is 13.0 Å². The zero-order valence-electron chi connectivity index (χ0n) is 12.3. The molecule has 0 aromatic heterocycles. The van der Waals surface area contributed by atoms with Crippen molar-refractivity contribution in [3.8, 4) is 11.5 Å². The number of nitrogens with zero attached hydrogens (tertiary/aromatic N) is 1. The smallest absolute Gasteiger partial charge is 0.257 e. The van der Waals surface area contributed by atoms with E-state index in [9.17, 15) is 4.79 Å². The standard InChI is InChI=1S/C15H22N2O3/c1-15(9-16)6-7-17(10-15)14(18)12-5-4-11(19-2)8-13(12)20-3/h4-5,8H,6-7,9-10,16H2,1-3H3. The highest BCUT2D eigenvalue weighted by atomic mass is 16.5. The minimum Gasteiger partial charge on any atom is -0.497 e. The van der Waals surface area contributed by atoms with Crippen molar-refractivity contribution in [2.45, 2.75) is 13.3 Å². The fourth-order valence-corrected chi connectivity index (χ4v) is 2.51. The van der Waals surface area contributed by atoms with Crippen LogP contribution in [0.2, 0.25) is 0 Å². The predicted octanol–water partition coefficient (Wildman–Crippen LogP) is 1.51. The summed E-state index contributed by atoms with van der Waals surface area (Å²) >= 11 is 0. The maximum Gasteiger partial charge on any atom is 0.257 e. The molecule has 5 heteroatoms. The van der Waals surface area contributed by atoms with E-state index in [1.807, 2.05) is 4.90 Å². The first kappa shape index (κ1) is 14.7. The SMILES string of the molecule is COc1ccc(C(=O)N2CCC(C)(CN)C2)c(OC)c1. The number of ether oxygens (including phenoxy) is 2. The lowest BCUT2D eigenvalue weighted by molar-refractivity contribution is 0.0773. The Morgan fingerprint density at radius 1 is 1.40 bits per heavy atom. The molecule has 20 heavy (non-hydrogen) atoms. The first-order chi connectivity index (χ1) is 9.53. The van der Waals surface area contributed by atoms with Crippen LogP contribution in [0.3, 0.4) is 0 Å². The summed E-state index contributed by atoms with van der Waals surface area (Å²) in [6.07, 6.45) is 0.938. The molecule has 0 saturated carbocycles. The van der Waals surface area contributed by atoms with E-state index in [1.165, 1.54) is 0 Å². The molecule has 110 valence electrons. The van der Waals surface area contributed by atoms with E-state index in [4.69, 9.17) is 15.2 Å². The number of benzene rings is 1. The average molecular weight is 278 g/mol. The number of carbonyl (C=O) groups is 1. The second kappa shape index (κ2) is 5.71. The van der Waals surface area contributed by atoms with Crippen LogP contribution in [-0.2, 0) is 0 Å². The van der Waals surface area contributed by atoms with Crippen molar-refractivity contribution in [2.24, 2.45) is 11.1 Å². The third-order valence-electron chi connectivity index (χ3n) is 3.98. The van der Waals surface area contributed by atoms with Gasteiger partial charge in [0.05, 0.1) is 19.8 Å². The Morgan fingerprint density at radius 2 is 2.15 bits per heavy atom. The Labute approximate surface area is 119 Å². The van der Waals surface area contributed by atoms with Crippen LogP contribution in [0.4, 0.5) is 0 Å². The van der Waals surface area contributed by atoms with Crippen molar-refractivity contribution in [3.05, 3.63) is 23.8 Å². The monoisotopic (exact) mass is 278 g/mol. The molecule has 1 amide bonds. The second-order valence-electron chi connectivity index (χ2n) is 5.56. The molecule has 1 saturated heterocycles. The normalized spacial score (nSPS) is 21.9. The van der Waals surface area contributed by atoms with Gasteiger partial charge in [-0.1, -0.05) is 6.92 Å². The molecule has 1 aliphatic heterocycles. The Kier molecular flexibility index (Phi) is 4.18. The van der Waals surface area contributed by atoms with Crippen LogP contribution >= 0.6 is 0 Å². The van der Waals surface area contributed by atoms with Gasteiger partial charge in [-0.15, -0.1) is 0 Å². The fourth-order valence-electron chi connectivity index (χ4n) is 2.51. The Morgan fingerprint density at radius 3 is 2.70 bits per heavy atom. The molecule has 2 rings (SSSR count). The van der Waals surface area contributed by atoms with Gasteiger partial charge >= 0.3 is 0 Å². The summed E-state index contributed by atoms with van der Waals surface area (Å²) in [6.45, 7) is 4.14. The van der Waals surface area contributed by atoms with Gasteiger partial charge in [0.1, 0.15) is 11.5 Å². The van der Waals surface area contributed by atoms with Crippen molar-refractivity contribution < 1.29 is 14.3 Å². The summed E-state index contributed by atoms with van der Waals surface area (Å²) in [6, 6.07) is 5.25. The molecule has 1 aliphatic rings. The van der Waals surface area contributed by atoms with Gasteiger partial charge in [0.25, 0.3) is 5.91 Å². The zero-order valence-corrected chi connectivity index (χ0v) is 12.3. The average Bonchev–Trinajstić information content (AvgIpc) is 2.89. The lowest BCUT2D eigenvalue weighted by atomic mass is 9.90. The number of methoxy groups -OCH3 is 2. The van der Waals surface area contributed by atoms with Gasteiger partial charge in [0.15, 0.2) is 0 Å². The summed E-state index contributed by atoms with van der Waals surface area (Å²) in [5.41, 5.74) is 6.37. The number of rotatable bonds is 4. The molecule has 0 bridgehead atoms. The van der Waals surface area contributed by atoms with Gasteiger partial charge in [0, 0.05) is 19.2 Å². The highest BCUT2D eigenvalue weighted by Gasteiger charge is 2.35. The van der Waals surface area contributed by atoms with Gasteiger partial charge in [-0.3, -0.25) is 4.79 Å². The van der Waals surface area contributed by atoms with E-state index in [2.05, 4.69) is 6.92 Å². The van der Waals surface area contributed by atoms with E-state index >= 15 is 0 Å². The number of amides is 1. The van der Waals surface area contributed by atoms with Crippen LogP contribution in [0.15, 0.2) is 18.2 Å². The maximum absolute atomic E-state index is 12.6. The van der Waals surface area contributed by atoms with Crippen LogP contribution in [-0.4, -0.2) is 44.7 Å². The summed E-state index contributed by atoms with van der Waals surface area (Å²) in [5, 5.41) is 0. The molecule has 1 aromatic carbocycles. The van der Waals surface area contributed by atoms with Gasteiger partial charge in [-0.05, 0) is 30.5 Å². The molecule has 0 radical (unpaired) electrons. The topological polar surface area (TPSA) is 64.8 Å². The van der Waals surface area contributed by atoms with E-state index in [-0.39, 0.29) is 11.3 Å².